The lowest BCUT2D eigenvalue weighted by Crippen LogP contribution is -2.38. The lowest BCUT2D eigenvalue weighted by Gasteiger charge is -2.22. The van der Waals surface area contributed by atoms with E-state index in [4.69, 9.17) is 4.74 Å². The van der Waals surface area contributed by atoms with Gasteiger partial charge >= 0.3 is 6.09 Å². The summed E-state index contributed by atoms with van der Waals surface area (Å²) in [5.41, 5.74) is 2.74. The van der Waals surface area contributed by atoms with Crippen LogP contribution in [0.3, 0.4) is 0 Å². The number of aromatic nitrogens is 3. The van der Waals surface area contributed by atoms with E-state index in [0.29, 0.717) is 25.6 Å². The Bertz CT molecular complexity index is 747. The number of anilines is 1. The Morgan fingerprint density at radius 2 is 2.00 bits per heavy atom. The topological polar surface area (TPSA) is 71.5 Å². The monoisotopic (exact) mass is 325 g/mol. The Morgan fingerprint density at radius 1 is 1.21 bits per heavy atom. The molecule has 0 aromatic carbocycles. The third kappa shape index (κ3) is 2.66. The maximum atomic E-state index is 12.2. The fraction of sp³-hybridized carbons (Fsp3) is 0.412. The number of nitrogens with zero attached hydrogens (tertiary/aromatic N) is 5. The van der Waals surface area contributed by atoms with Crippen LogP contribution in [0.4, 0.5) is 10.7 Å². The molecule has 2 aromatic rings. The molecule has 4 rings (SSSR count). The quantitative estimate of drug-likeness (QED) is 0.855. The Balaban J connectivity index is 1.53. The zero-order valence-corrected chi connectivity index (χ0v) is 13.7. The second kappa shape index (κ2) is 5.74. The van der Waals surface area contributed by atoms with Crippen molar-refractivity contribution in [2.45, 2.75) is 32.5 Å². The lowest BCUT2D eigenvalue weighted by molar-refractivity contribution is 0.135. The first-order valence-electron chi connectivity index (χ1n) is 8.04. The van der Waals surface area contributed by atoms with E-state index in [9.17, 15) is 4.79 Å². The summed E-state index contributed by atoms with van der Waals surface area (Å²) in [6.45, 7) is 5.68. The Labute approximate surface area is 140 Å². The molecule has 0 bridgehead atoms. The van der Waals surface area contributed by atoms with Crippen LogP contribution in [0.25, 0.3) is 0 Å². The van der Waals surface area contributed by atoms with Gasteiger partial charge < -0.3 is 9.64 Å². The van der Waals surface area contributed by atoms with Crippen LogP contribution in [0.5, 0.6) is 0 Å². The molecule has 0 unspecified atom stereocenters. The van der Waals surface area contributed by atoms with Crippen LogP contribution in [-0.4, -0.2) is 51.2 Å². The molecule has 0 aliphatic carbocycles. The van der Waals surface area contributed by atoms with Crippen LogP contribution in [0.15, 0.2) is 30.5 Å². The van der Waals surface area contributed by atoms with Crippen LogP contribution in [0.2, 0.25) is 0 Å². The summed E-state index contributed by atoms with van der Waals surface area (Å²) in [6, 6.07) is 7.66. The normalized spacial score (nSPS) is 22.7. The van der Waals surface area contributed by atoms with Gasteiger partial charge in [-0.25, -0.2) is 14.8 Å². The van der Waals surface area contributed by atoms with Crippen LogP contribution < -0.4 is 4.90 Å². The molecule has 7 nitrogen and oxygen atoms in total. The highest BCUT2D eigenvalue weighted by molar-refractivity contribution is 5.71. The molecule has 2 aliphatic rings. The Kier molecular flexibility index (Phi) is 3.55. The van der Waals surface area contributed by atoms with Crippen molar-refractivity contribution in [3.63, 3.8) is 0 Å². The summed E-state index contributed by atoms with van der Waals surface area (Å²) in [5, 5.41) is 0. The Hall–Kier alpha value is -2.70. The minimum absolute atomic E-state index is 0.00363. The molecule has 0 N–H and O–H groups in total. The van der Waals surface area contributed by atoms with Gasteiger partial charge in [0.25, 0.3) is 0 Å². The predicted octanol–water partition coefficient (Wildman–Crippen LogP) is 1.70. The molecule has 2 atom stereocenters. The first-order chi connectivity index (χ1) is 11.6. The van der Waals surface area contributed by atoms with Gasteiger partial charge in [-0.2, -0.15) is 0 Å². The minimum atomic E-state index is -0.267. The van der Waals surface area contributed by atoms with Crippen molar-refractivity contribution in [3.05, 3.63) is 47.5 Å². The SMILES string of the molecule is Cc1cc(C)nc(N2C[C@H]3OC(=O)N(Cc4ccccn4)[C@H]3C2)n1. The van der Waals surface area contributed by atoms with E-state index in [2.05, 4.69) is 19.9 Å². The molecular weight excluding hydrogens is 306 g/mol. The van der Waals surface area contributed by atoms with Crippen molar-refractivity contribution in [3.8, 4) is 0 Å². The van der Waals surface area contributed by atoms with Crippen molar-refractivity contribution >= 4 is 12.0 Å². The molecule has 24 heavy (non-hydrogen) atoms. The van der Waals surface area contributed by atoms with Crippen LogP contribution in [-0.2, 0) is 11.3 Å². The number of carbonyl (C=O) groups is 1. The number of rotatable bonds is 3. The van der Waals surface area contributed by atoms with Gasteiger partial charge in [-0.3, -0.25) is 9.88 Å². The van der Waals surface area contributed by atoms with Gasteiger partial charge in [0.2, 0.25) is 5.95 Å². The third-order valence-corrected chi connectivity index (χ3v) is 4.44. The maximum Gasteiger partial charge on any atom is 0.410 e. The maximum absolute atomic E-state index is 12.2. The molecular formula is C17H19N5O2. The average molecular weight is 325 g/mol. The third-order valence-electron chi connectivity index (χ3n) is 4.44. The molecule has 2 aliphatic heterocycles. The highest BCUT2D eigenvalue weighted by Gasteiger charge is 2.48. The average Bonchev–Trinajstić information content (AvgIpc) is 3.07. The first-order valence-corrected chi connectivity index (χ1v) is 8.04. The van der Waals surface area contributed by atoms with Crippen LogP contribution in [0, 0.1) is 13.8 Å². The molecule has 2 saturated heterocycles. The highest BCUT2D eigenvalue weighted by atomic mass is 16.6. The Morgan fingerprint density at radius 3 is 2.71 bits per heavy atom. The summed E-state index contributed by atoms with van der Waals surface area (Å²) in [5.74, 6) is 0.704. The van der Waals surface area contributed by atoms with E-state index < -0.39 is 0 Å². The molecule has 0 saturated carbocycles. The van der Waals surface area contributed by atoms with Crippen molar-refractivity contribution < 1.29 is 9.53 Å². The molecule has 0 spiro atoms. The van der Waals surface area contributed by atoms with Gasteiger partial charge in [-0.05, 0) is 32.0 Å². The molecule has 7 heteroatoms. The molecule has 4 heterocycles. The van der Waals surface area contributed by atoms with Crippen LogP contribution >= 0.6 is 0 Å². The number of aryl methyl sites for hydroxylation is 2. The number of hydrogen-bond donors (Lipinski definition) is 0. The molecule has 0 radical (unpaired) electrons. The predicted molar refractivity (Wildman–Crippen MR) is 87.6 cm³/mol. The number of pyridine rings is 1. The number of amides is 1. The summed E-state index contributed by atoms with van der Waals surface area (Å²) < 4.78 is 5.54. The zero-order valence-electron chi connectivity index (χ0n) is 13.7. The fourth-order valence-corrected chi connectivity index (χ4v) is 3.36. The van der Waals surface area contributed by atoms with Crippen molar-refractivity contribution in [1.29, 1.82) is 0 Å². The number of carbonyl (C=O) groups excluding carboxylic acids is 1. The standard InChI is InChI=1S/C17H19N5O2/c1-11-7-12(2)20-16(19-11)21-9-14-15(10-21)24-17(23)22(14)8-13-5-3-4-6-18-13/h3-7,14-15H,8-10H2,1-2H3/t14-,15+/m0/s1. The van der Waals surface area contributed by atoms with Crippen molar-refractivity contribution in [2.24, 2.45) is 0 Å². The number of hydrogen-bond acceptors (Lipinski definition) is 6. The summed E-state index contributed by atoms with van der Waals surface area (Å²) in [4.78, 5) is 29.4. The molecule has 2 aromatic heterocycles. The summed E-state index contributed by atoms with van der Waals surface area (Å²) in [6.07, 6.45) is 1.32. The van der Waals surface area contributed by atoms with E-state index in [0.717, 1.165) is 17.1 Å². The summed E-state index contributed by atoms with van der Waals surface area (Å²) in [7, 11) is 0. The van der Waals surface area contributed by atoms with Crippen LogP contribution in [0.1, 0.15) is 17.1 Å². The fourth-order valence-electron chi connectivity index (χ4n) is 3.36. The van der Waals surface area contributed by atoms with Gasteiger partial charge in [0.05, 0.1) is 24.8 Å². The lowest BCUT2D eigenvalue weighted by atomic mass is 10.2. The van der Waals surface area contributed by atoms with Crippen molar-refractivity contribution in [2.75, 3.05) is 18.0 Å². The summed E-state index contributed by atoms with van der Waals surface area (Å²) >= 11 is 0. The second-order valence-electron chi connectivity index (χ2n) is 6.29. The van der Waals surface area contributed by atoms with E-state index in [1.54, 1.807) is 11.1 Å². The largest absolute Gasteiger partial charge is 0.442 e. The zero-order chi connectivity index (χ0) is 16.7. The van der Waals surface area contributed by atoms with Crippen molar-refractivity contribution in [1.82, 2.24) is 19.9 Å². The van der Waals surface area contributed by atoms with Gasteiger partial charge in [-0.1, -0.05) is 6.07 Å². The van der Waals surface area contributed by atoms with Gasteiger partial charge in [0.15, 0.2) is 0 Å². The minimum Gasteiger partial charge on any atom is -0.442 e. The second-order valence-corrected chi connectivity index (χ2v) is 6.29. The highest BCUT2D eigenvalue weighted by Crippen LogP contribution is 2.30. The molecule has 2 fully saturated rings. The van der Waals surface area contributed by atoms with E-state index in [-0.39, 0.29) is 18.2 Å². The smallest absolute Gasteiger partial charge is 0.410 e. The van der Waals surface area contributed by atoms with Gasteiger partial charge in [0, 0.05) is 24.1 Å². The molecule has 124 valence electrons. The number of fused-ring (bicyclic) bond motifs is 1. The van der Waals surface area contributed by atoms with E-state index in [1.807, 2.05) is 38.1 Å². The van der Waals surface area contributed by atoms with Gasteiger partial charge in [0.1, 0.15) is 6.10 Å². The molecule has 1 amide bonds. The van der Waals surface area contributed by atoms with E-state index in [1.165, 1.54) is 0 Å². The van der Waals surface area contributed by atoms with E-state index >= 15 is 0 Å². The van der Waals surface area contributed by atoms with Gasteiger partial charge in [-0.15, -0.1) is 0 Å². The number of ether oxygens (including phenoxy) is 1. The first kappa shape index (κ1) is 14.9.